The topological polar surface area (TPSA) is 15.3 Å². The Labute approximate surface area is 130 Å². The molecule has 1 unspecified atom stereocenters. The number of hydrogen-bond donors (Lipinski definition) is 1. The van der Waals surface area contributed by atoms with Crippen molar-refractivity contribution in [1.29, 1.82) is 0 Å². The Bertz CT molecular complexity index is 439. The summed E-state index contributed by atoms with van der Waals surface area (Å²) >= 11 is 0. The van der Waals surface area contributed by atoms with Crippen LogP contribution in [0.5, 0.6) is 0 Å². The lowest BCUT2D eigenvalue weighted by atomic mass is 9.97. The first-order valence-corrected chi connectivity index (χ1v) is 8.54. The van der Waals surface area contributed by atoms with Gasteiger partial charge in [-0.1, -0.05) is 32.0 Å². The minimum absolute atomic E-state index is 0.750. The number of hydrogen-bond acceptors (Lipinski definition) is 2. The van der Waals surface area contributed by atoms with Crippen LogP contribution in [0.25, 0.3) is 0 Å². The maximum atomic E-state index is 3.63. The average molecular weight is 288 g/mol. The van der Waals surface area contributed by atoms with Gasteiger partial charge in [0, 0.05) is 13.1 Å². The molecule has 0 spiro atoms. The number of rotatable bonds is 6. The van der Waals surface area contributed by atoms with Gasteiger partial charge in [-0.3, -0.25) is 4.90 Å². The van der Waals surface area contributed by atoms with Gasteiger partial charge in [0.15, 0.2) is 0 Å². The predicted molar refractivity (Wildman–Crippen MR) is 91.6 cm³/mol. The predicted octanol–water partition coefficient (Wildman–Crippen LogP) is 3.76. The molecule has 2 rings (SSSR count). The molecule has 2 heteroatoms. The van der Waals surface area contributed by atoms with Gasteiger partial charge in [0.05, 0.1) is 0 Å². The summed E-state index contributed by atoms with van der Waals surface area (Å²) in [7, 11) is 0. The quantitative estimate of drug-likeness (QED) is 0.857. The SMILES string of the molecule is Cc1ccc(CN2CCCC(CNCC(C)C)C2)cc1C. The first kappa shape index (κ1) is 16.5. The largest absolute Gasteiger partial charge is 0.316 e. The lowest BCUT2D eigenvalue weighted by Gasteiger charge is -2.33. The van der Waals surface area contributed by atoms with Crippen molar-refractivity contribution >= 4 is 0 Å². The van der Waals surface area contributed by atoms with Crippen LogP contribution in [0.4, 0.5) is 0 Å². The Morgan fingerprint density at radius 3 is 2.76 bits per heavy atom. The molecule has 1 aliphatic rings. The van der Waals surface area contributed by atoms with E-state index in [1.165, 1.54) is 49.2 Å². The zero-order valence-electron chi connectivity index (χ0n) is 14.3. The molecular weight excluding hydrogens is 256 g/mol. The average Bonchev–Trinajstić information content (AvgIpc) is 2.43. The van der Waals surface area contributed by atoms with E-state index in [9.17, 15) is 0 Å². The molecule has 0 aromatic heterocycles. The molecule has 1 N–H and O–H groups in total. The molecule has 0 aliphatic carbocycles. The van der Waals surface area contributed by atoms with Crippen LogP contribution in [0, 0.1) is 25.7 Å². The van der Waals surface area contributed by atoms with Crippen LogP contribution in [0.3, 0.4) is 0 Å². The van der Waals surface area contributed by atoms with Crippen molar-refractivity contribution in [2.75, 3.05) is 26.2 Å². The first-order chi connectivity index (χ1) is 10.0. The Kier molecular flexibility index (Phi) is 6.25. The molecule has 0 bridgehead atoms. The fourth-order valence-corrected chi connectivity index (χ4v) is 3.20. The number of piperidine rings is 1. The highest BCUT2D eigenvalue weighted by atomic mass is 15.1. The summed E-state index contributed by atoms with van der Waals surface area (Å²) in [5.74, 6) is 1.57. The van der Waals surface area contributed by atoms with Crippen LogP contribution in [0.15, 0.2) is 18.2 Å². The number of likely N-dealkylation sites (tertiary alicyclic amines) is 1. The molecule has 0 saturated carbocycles. The Hall–Kier alpha value is -0.860. The van der Waals surface area contributed by atoms with Crippen LogP contribution < -0.4 is 5.32 Å². The normalized spacial score (nSPS) is 20.1. The second-order valence-corrected chi connectivity index (χ2v) is 7.21. The molecule has 21 heavy (non-hydrogen) atoms. The minimum Gasteiger partial charge on any atom is -0.316 e. The van der Waals surface area contributed by atoms with Crippen LogP contribution >= 0.6 is 0 Å². The summed E-state index contributed by atoms with van der Waals surface area (Å²) in [5.41, 5.74) is 4.28. The molecule has 0 amide bonds. The Morgan fingerprint density at radius 1 is 1.24 bits per heavy atom. The van der Waals surface area contributed by atoms with E-state index < -0.39 is 0 Å². The number of nitrogens with zero attached hydrogens (tertiary/aromatic N) is 1. The van der Waals surface area contributed by atoms with E-state index in [1.807, 2.05) is 0 Å². The molecule has 1 aromatic rings. The summed E-state index contributed by atoms with van der Waals surface area (Å²) in [4.78, 5) is 2.63. The highest BCUT2D eigenvalue weighted by Gasteiger charge is 2.19. The fourth-order valence-electron chi connectivity index (χ4n) is 3.20. The summed E-state index contributed by atoms with van der Waals surface area (Å²) < 4.78 is 0. The molecule has 1 heterocycles. The molecule has 1 saturated heterocycles. The van der Waals surface area contributed by atoms with Gasteiger partial charge >= 0.3 is 0 Å². The van der Waals surface area contributed by atoms with Crippen molar-refractivity contribution in [1.82, 2.24) is 10.2 Å². The molecule has 118 valence electrons. The lowest BCUT2D eigenvalue weighted by Crippen LogP contribution is -2.39. The second kappa shape index (κ2) is 7.95. The van der Waals surface area contributed by atoms with Gasteiger partial charge in [0.1, 0.15) is 0 Å². The number of aryl methyl sites for hydroxylation is 2. The van der Waals surface area contributed by atoms with E-state index in [4.69, 9.17) is 0 Å². The van der Waals surface area contributed by atoms with Crippen LogP contribution in [-0.2, 0) is 6.54 Å². The minimum atomic E-state index is 0.750. The highest BCUT2D eigenvalue weighted by Crippen LogP contribution is 2.19. The van der Waals surface area contributed by atoms with E-state index >= 15 is 0 Å². The van der Waals surface area contributed by atoms with E-state index in [0.29, 0.717) is 0 Å². The van der Waals surface area contributed by atoms with Gasteiger partial charge in [-0.2, -0.15) is 0 Å². The van der Waals surface area contributed by atoms with Gasteiger partial charge in [-0.05, 0) is 74.8 Å². The summed E-state index contributed by atoms with van der Waals surface area (Å²) in [6.45, 7) is 14.9. The van der Waals surface area contributed by atoms with Gasteiger partial charge in [0.25, 0.3) is 0 Å². The first-order valence-electron chi connectivity index (χ1n) is 8.54. The van der Waals surface area contributed by atoms with E-state index in [1.54, 1.807) is 0 Å². The zero-order valence-corrected chi connectivity index (χ0v) is 14.3. The third-order valence-electron chi connectivity index (χ3n) is 4.57. The lowest BCUT2D eigenvalue weighted by molar-refractivity contribution is 0.165. The number of benzene rings is 1. The van der Waals surface area contributed by atoms with E-state index in [-0.39, 0.29) is 0 Å². The summed E-state index contributed by atoms with van der Waals surface area (Å²) in [5, 5.41) is 3.63. The number of nitrogens with one attached hydrogen (secondary N) is 1. The smallest absolute Gasteiger partial charge is 0.0233 e. The van der Waals surface area contributed by atoms with Crippen LogP contribution in [-0.4, -0.2) is 31.1 Å². The van der Waals surface area contributed by atoms with Crippen molar-refractivity contribution in [3.05, 3.63) is 34.9 Å². The molecule has 1 aromatic carbocycles. The van der Waals surface area contributed by atoms with Crippen molar-refractivity contribution in [3.8, 4) is 0 Å². The monoisotopic (exact) mass is 288 g/mol. The fraction of sp³-hybridized carbons (Fsp3) is 0.684. The summed E-state index contributed by atoms with van der Waals surface area (Å²) in [6, 6.07) is 6.91. The van der Waals surface area contributed by atoms with Crippen molar-refractivity contribution < 1.29 is 0 Å². The maximum Gasteiger partial charge on any atom is 0.0233 e. The van der Waals surface area contributed by atoms with Gasteiger partial charge < -0.3 is 5.32 Å². The molecule has 1 atom stereocenters. The third-order valence-corrected chi connectivity index (χ3v) is 4.57. The van der Waals surface area contributed by atoms with Gasteiger partial charge in [-0.15, -0.1) is 0 Å². The zero-order chi connectivity index (χ0) is 15.2. The maximum absolute atomic E-state index is 3.63. The molecular formula is C19H32N2. The van der Waals surface area contributed by atoms with Crippen molar-refractivity contribution in [2.45, 2.75) is 47.1 Å². The Balaban J connectivity index is 1.81. The van der Waals surface area contributed by atoms with Gasteiger partial charge in [-0.25, -0.2) is 0 Å². The third kappa shape index (κ3) is 5.44. The molecule has 0 radical (unpaired) electrons. The Morgan fingerprint density at radius 2 is 2.05 bits per heavy atom. The molecule has 1 fully saturated rings. The van der Waals surface area contributed by atoms with Crippen molar-refractivity contribution in [3.63, 3.8) is 0 Å². The van der Waals surface area contributed by atoms with E-state index in [2.05, 4.69) is 56.1 Å². The molecule has 1 aliphatic heterocycles. The standard InChI is InChI=1S/C19H32N2/c1-15(2)11-20-12-19-6-5-9-21(14-19)13-18-8-7-16(3)17(4)10-18/h7-8,10,15,19-20H,5-6,9,11-14H2,1-4H3. The highest BCUT2D eigenvalue weighted by molar-refractivity contribution is 5.29. The van der Waals surface area contributed by atoms with Gasteiger partial charge in [0.2, 0.25) is 0 Å². The second-order valence-electron chi connectivity index (χ2n) is 7.21. The van der Waals surface area contributed by atoms with Crippen LogP contribution in [0.2, 0.25) is 0 Å². The van der Waals surface area contributed by atoms with Crippen molar-refractivity contribution in [2.24, 2.45) is 11.8 Å². The van der Waals surface area contributed by atoms with E-state index in [0.717, 1.165) is 24.9 Å². The van der Waals surface area contributed by atoms with Crippen LogP contribution in [0.1, 0.15) is 43.4 Å². The molecule has 2 nitrogen and oxygen atoms in total. The summed E-state index contributed by atoms with van der Waals surface area (Å²) in [6.07, 6.45) is 2.73.